The van der Waals surface area contributed by atoms with E-state index in [1.807, 2.05) is 18.2 Å². The van der Waals surface area contributed by atoms with Crippen LogP contribution < -0.4 is 0 Å². The fraction of sp³-hybridized carbons (Fsp3) is 0.682. The molecule has 3 rings (SSSR count). The lowest BCUT2D eigenvalue weighted by atomic mass is 9.74. The summed E-state index contributed by atoms with van der Waals surface area (Å²) in [6, 6.07) is 10.7. The van der Waals surface area contributed by atoms with Crippen LogP contribution in [-0.4, -0.2) is 64.7 Å². The van der Waals surface area contributed by atoms with E-state index < -0.39 is 11.6 Å². The minimum atomic E-state index is -0.745. The molecule has 2 heterocycles. The van der Waals surface area contributed by atoms with E-state index >= 15 is 0 Å². The molecule has 27 heavy (non-hydrogen) atoms. The van der Waals surface area contributed by atoms with E-state index in [2.05, 4.69) is 35.8 Å². The Morgan fingerprint density at radius 1 is 1.15 bits per heavy atom. The predicted octanol–water partition coefficient (Wildman–Crippen LogP) is 3.18. The zero-order valence-electron chi connectivity index (χ0n) is 17.1. The third-order valence-electron chi connectivity index (χ3n) is 6.03. The first kappa shape index (κ1) is 21.9. The molecule has 0 saturated carbocycles. The molecule has 2 aliphatic rings. The van der Waals surface area contributed by atoms with E-state index in [0.29, 0.717) is 6.04 Å². The smallest absolute Gasteiger partial charge is 0.303 e. The summed E-state index contributed by atoms with van der Waals surface area (Å²) in [4.78, 5) is 14.5. The van der Waals surface area contributed by atoms with Gasteiger partial charge in [0, 0.05) is 38.0 Å². The molecule has 3 unspecified atom stereocenters. The Morgan fingerprint density at radius 2 is 1.74 bits per heavy atom. The molecule has 0 bridgehead atoms. The van der Waals surface area contributed by atoms with Gasteiger partial charge in [0.1, 0.15) is 0 Å². The largest absolute Gasteiger partial charge is 0.481 e. The molecular weight excluding hydrogens is 340 g/mol. The number of piperidine rings is 1. The average Bonchev–Trinajstić information content (AvgIpc) is 3.18. The fourth-order valence-electron chi connectivity index (χ4n) is 4.18. The summed E-state index contributed by atoms with van der Waals surface area (Å²) in [5.41, 5.74) is 0.402. The van der Waals surface area contributed by atoms with Gasteiger partial charge in [-0.3, -0.25) is 9.69 Å². The van der Waals surface area contributed by atoms with Crippen LogP contribution in [0.5, 0.6) is 0 Å². The molecule has 5 heteroatoms. The number of aliphatic carboxylic acids is 1. The molecule has 0 amide bonds. The van der Waals surface area contributed by atoms with Gasteiger partial charge in [-0.2, -0.15) is 0 Å². The summed E-state index contributed by atoms with van der Waals surface area (Å²) in [5, 5.41) is 19.0. The van der Waals surface area contributed by atoms with Gasteiger partial charge in [-0.1, -0.05) is 44.2 Å². The molecule has 1 aromatic rings. The third-order valence-corrected chi connectivity index (χ3v) is 6.03. The third kappa shape index (κ3) is 6.03. The van der Waals surface area contributed by atoms with Crippen molar-refractivity contribution in [3.63, 3.8) is 0 Å². The zero-order chi connectivity index (χ0) is 19.9. The molecule has 1 aromatic carbocycles. The summed E-state index contributed by atoms with van der Waals surface area (Å²) in [6.45, 7) is 11.9. The number of hydrogen-bond acceptors (Lipinski definition) is 4. The molecular formula is C22H36N2O3. The van der Waals surface area contributed by atoms with Crippen molar-refractivity contribution >= 4 is 5.97 Å². The highest BCUT2D eigenvalue weighted by atomic mass is 16.4. The predicted molar refractivity (Wildman–Crippen MR) is 109 cm³/mol. The second-order valence-electron chi connectivity index (χ2n) is 8.04. The topological polar surface area (TPSA) is 64.0 Å². The summed E-state index contributed by atoms with van der Waals surface area (Å²) < 4.78 is 0. The lowest BCUT2D eigenvalue weighted by Crippen LogP contribution is -2.54. The second kappa shape index (κ2) is 10.2. The Balaban J connectivity index is 0.000000465. The lowest BCUT2D eigenvalue weighted by Gasteiger charge is -2.47. The van der Waals surface area contributed by atoms with Crippen molar-refractivity contribution in [2.45, 2.75) is 58.1 Å². The molecule has 2 aliphatic heterocycles. The number of rotatable bonds is 5. The first-order valence-corrected chi connectivity index (χ1v) is 10.3. The number of aliphatic hydroxyl groups is 1. The van der Waals surface area contributed by atoms with Gasteiger partial charge in [-0.25, -0.2) is 0 Å². The van der Waals surface area contributed by atoms with E-state index in [1.165, 1.54) is 32.5 Å². The van der Waals surface area contributed by atoms with Gasteiger partial charge >= 0.3 is 5.97 Å². The quantitative estimate of drug-likeness (QED) is 0.826. The summed E-state index contributed by atoms with van der Waals surface area (Å²) in [7, 11) is 0. The maximum absolute atomic E-state index is 11.2. The fourth-order valence-corrected chi connectivity index (χ4v) is 4.18. The summed E-state index contributed by atoms with van der Waals surface area (Å²) >= 11 is 0. The number of carboxylic acid groups (broad SMARTS) is 1. The minimum absolute atomic E-state index is 0.222. The van der Waals surface area contributed by atoms with Gasteiger partial charge in [0.2, 0.25) is 0 Å². The minimum Gasteiger partial charge on any atom is -0.481 e. The molecule has 3 atom stereocenters. The molecule has 5 nitrogen and oxygen atoms in total. The van der Waals surface area contributed by atoms with Crippen molar-refractivity contribution in [1.82, 2.24) is 9.80 Å². The number of benzene rings is 1. The Morgan fingerprint density at radius 3 is 2.30 bits per heavy atom. The number of carbonyl (C=O) groups is 1. The van der Waals surface area contributed by atoms with Crippen molar-refractivity contribution < 1.29 is 15.0 Å². The van der Waals surface area contributed by atoms with E-state index in [4.69, 9.17) is 5.11 Å². The molecule has 0 spiro atoms. The number of nitrogens with zero attached hydrogens (tertiary/aromatic N) is 2. The Hall–Kier alpha value is -1.43. The van der Waals surface area contributed by atoms with Crippen LogP contribution in [0.15, 0.2) is 30.3 Å². The van der Waals surface area contributed by atoms with Gasteiger partial charge in [-0.05, 0) is 44.8 Å². The first-order valence-electron chi connectivity index (χ1n) is 10.3. The SMILES string of the molecule is CC1CC(O)(c2ccccc2)C(C)CN1CCN1CCCC1.CCC(=O)O. The van der Waals surface area contributed by atoms with Gasteiger partial charge in [0.25, 0.3) is 0 Å². The summed E-state index contributed by atoms with van der Waals surface area (Å²) in [5.74, 6) is -0.477. The Kier molecular flexibility index (Phi) is 8.27. The Labute approximate surface area is 164 Å². The van der Waals surface area contributed by atoms with Crippen LogP contribution in [0.3, 0.4) is 0 Å². The maximum atomic E-state index is 11.2. The molecule has 2 N–H and O–H groups in total. The van der Waals surface area contributed by atoms with E-state index in [1.54, 1.807) is 6.92 Å². The average molecular weight is 377 g/mol. The second-order valence-corrected chi connectivity index (χ2v) is 8.04. The normalized spacial score (nSPS) is 29.2. The van der Waals surface area contributed by atoms with Crippen molar-refractivity contribution in [1.29, 1.82) is 0 Å². The summed E-state index contributed by atoms with van der Waals surface area (Å²) in [6.07, 6.45) is 3.78. The van der Waals surface area contributed by atoms with E-state index in [-0.39, 0.29) is 12.3 Å². The highest BCUT2D eigenvalue weighted by Gasteiger charge is 2.43. The first-order chi connectivity index (χ1) is 12.9. The Bertz CT molecular complexity index is 574. The number of likely N-dealkylation sites (tertiary alicyclic amines) is 2. The molecule has 0 aliphatic carbocycles. The van der Waals surface area contributed by atoms with Crippen molar-refractivity contribution in [3.05, 3.63) is 35.9 Å². The van der Waals surface area contributed by atoms with Crippen LogP contribution in [0.2, 0.25) is 0 Å². The van der Waals surface area contributed by atoms with Crippen LogP contribution in [-0.2, 0) is 10.4 Å². The highest BCUT2D eigenvalue weighted by molar-refractivity contribution is 5.66. The van der Waals surface area contributed by atoms with Gasteiger partial charge in [-0.15, -0.1) is 0 Å². The van der Waals surface area contributed by atoms with Crippen molar-refractivity contribution in [3.8, 4) is 0 Å². The molecule has 0 radical (unpaired) electrons. The van der Waals surface area contributed by atoms with Crippen LogP contribution >= 0.6 is 0 Å². The van der Waals surface area contributed by atoms with Crippen LogP contribution in [0.4, 0.5) is 0 Å². The van der Waals surface area contributed by atoms with Crippen LogP contribution in [0, 0.1) is 5.92 Å². The molecule has 152 valence electrons. The maximum Gasteiger partial charge on any atom is 0.303 e. The molecule has 0 aromatic heterocycles. The van der Waals surface area contributed by atoms with E-state index in [0.717, 1.165) is 25.1 Å². The van der Waals surface area contributed by atoms with Gasteiger partial charge in [0.05, 0.1) is 5.60 Å². The highest BCUT2D eigenvalue weighted by Crippen LogP contribution is 2.39. The monoisotopic (exact) mass is 376 g/mol. The molecule has 2 fully saturated rings. The number of hydrogen-bond donors (Lipinski definition) is 2. The van der Waals surface area contributed by atoms with E-state index in [9.17, 15) is 9.90 Å². The zero-order valence-corrected chi connectivity index (χ0v) is 17.1. The van der Waals surface area contributed by atoms with Crippen LogP contribution in [0.1, 0.15) is 52.0 Å². The van der Waals surface area contributed by atoms with Crippen molar-refractivity contribution in [2.24, 2.45) is 5.92 Å². The van der Waals surface area contributed by atoms with Gasteiger partial charge in [0.15, 0.2) is 0 Å². The van der Waals surface area contributed by atoms with Crippen LogP contribution in [0.25, 0.3) is 0 Å². The number of carboxylic acids is 1. The lowest BCUT2D eigenvalue weighted by molar-refractivity contribution is -0.136. The molecule has 2 saturated heterocycles. The van der Waals surface area contributed by atoms with Crippen molar-refractivity contribution in [2.75, 3.05) is 32.7 Å². The standard InChI is InChI=1S/C19H30N2O.C3H6O2/c1-16-15-21(13-12-20-10-6-7-11-20)17(2)14-19(16,22)18-8-4-3-5-9-18;1-2-3(4)5/h3-5,8-9,16-17,22H,6-7,10-15H2,1-2H3;2H2,1H3,(H,4,5). The van der Waals surface area contributed by atoms with Gasteiger partial charge < -0.3 is 15.1 Å².